The fourth-order valence-corrected chi connectivity index (χ4v) is 7.29. The topological polar surface area (TPSA) is 103 Å². The Morgan fingerprint density at radius 3 is 2.51 bits per heavy atom. The molecule has 4 heterocycles. The molecule has 0 spiro atoms. The molecule has 2 aliphatic heterocycles. The summed E-state index contributed by atoms with van der Waals surface area (Å²) < 4.78 is 103. The highest BCUT2D eigenvalue weighted by molar-refractivity contribution is 7.10. The van der Waals surface area contributed by atoms with Crippen LogP contribution in [-0.4, -0.2) is 67.8 Å². The van der Waals surface area contributed by atoms with Crippen molar-refractivity contribution in [3.8, 4) is 5.75 Å². The largest absolute Gasteiger partial charge is 0.480 e. The van der Waals surface area contributed by atoms with Crippen LogP contribution in [0, 0.1) is 5.82 Å². The smallest absolute Gasteiger partial charge is 0.425 e. The Bertz CT molecular complexity index is 1630. The number of hydrogen-bond donors (Lipinski definition) is 2. The number of aliphatic carboxylic acids is 1. The van der Waals surface area contributed by atoms with E-state index in [1.807, 2.05) is 0 Å². The number of alkyl halides is 6. The molecule has 0 bridgehead atoms. The Labute approximate surface area is 268 Å². The van der Waals surface area contributed by atoms with Gasteiger partial charge in [-0.2, -0.15) is 26.3 Å². The standard InChI is InChI=1S/C31H30F7N3O5S/c1-2-5-22-29(46-19-15-23(47-16-19)31(36,37)38,10-4-12-40(22)26(42)24-21(30(33,34)35)6-3-11-39-24)28(45)41-13-9-17-14-18(32)7-8-20(17)25(41)27(43)44/h3,6-8,11,14-16,22,25,28,45H,2,4-5,9-10,12-13H2,1H3,(H,43,44)/t22-,25?,28?,29+/m1/s1. The number of aromatic nitrogens is 1. The van der Waals surface area contributed by atoms with Crippen molar-refractivity contribution in [1.29, 1.82) is 0 Å². The van der Waals surface area contributed by atoms with Crippen molar-refractivity contribution >= 4 is 23.2 Å². The zero-order valence-electron chi connectivity index (χ0n) is 24.8. The van der Waals surface area contributed by atoms with Crippen LogP contribution >= 0.6 is 11.3 Å². The summed E-state index contributed by atoms with van der Waals surface area (Å²) in [6.07, 6.45) is -10.2. The molecule has 8 nitrogen and oxygen atoms in total. The van der Waals surface area contributed by atoms with E-state index in [0.717, 1.165) is 33.5 Å². The fraction of sp³-hybridized carbons (Fsp3) is 0.452. The van der Waals surface area contributed by atoms with E-state index in [1.54, 1.807) is 6.92 Å². The van der Waals surface area contributed by atoms with E-state index >= 15 is 0 Å². The normalized spacial score (nSPS) is 22.9. The lowest BCUT2D eigenvalue weighted by atomic mass is 9.78. The summed E-state index contributed by atoms with van der Waals surface area (Å²) in [6.45, 7) is 1.45. The lowest BCUT2D eigenvalue weighted by Crippen LogP contribution is -2.70. The highest BCUT2D eigenvalue weighted by Crippen LogP contribution is 2.45. The first-order chi connectivity index (χ1) is 22.1. The van der Waals surface area contributed by atoms with Crippen LogP contribution in [0.25, 0.3) is 0 Å². The number of carboxylic acid groups (broad SMARTS) is 1. The number of benzene rings is 1. The predicted molar refractivity (Wildman–Crippen MR) is 154 cm³/mol. The number of fused-ring (bicyclic) bond motifs is 1. The Morgan fingerprint density at radius 2 is 1.87 bits per heavy atom. The monoisotopic (exact) mass is 689 g/mol. The predicted octanol–water partition coefficient (Wildman–Crippen LogP) is 6.54. The van der Waals surface area contributed by atoms with Crippen LogP contribution < -0.4 is 4.74 Å². The Hall–Kier alpha value is -3.76. The summed E-state index contributed by atoms with van der Waals surface area (Å²) in [5.41, 5.74) is -3.67. The number of halogens is 7. The van der Waals surface area contributed by atoms with Crippen LogP contribution in [0.15, 0.2) is 48.0 Å². The highest BCUT2D eigenvalue weighted by atomic mass is 32.1. The Balaban J connectivity index is 1.65. The summed E-state index contributed by atoms with van der Waals surface area (Å²) >= 11 is 0.321. The van der Waals surface area contributed by atoms with Gasteiger partial charge in [-0.3, -0.25) is 19.5 Å². The maximum absolute atomic E-state index is 14.0. The first-order valence-corrected chi connectivity index (χ1v) is 15.6. The van der Waals surface area contributed by atoms with Gasteiger partial charge in [0.15, 0.2) is 11.8 Å². The van der Waals surface area contributed by atoms with E-state index in [1.165, 1.54) is 12.1 Å². The number of aliphatic hydroxyl groups excluding tert-OH is 1. The number of amides is 1. The number of carbonyl (C=O) groups is 2. The molecule has 2 unspecified atom stereocenters. The third-order valence-electron chi connectivity index (χ3n) is 8.56. The van der Waals surface area contributed by atoms with Gasteiger partial charge in [-0.05, 0) is 61.1 Å². The first-order valence-electron chi connectivity index (χ1n) is 14.7. The second-order valence-electron chi connectivity index (χ2n) is 11.5. The minimum Gasteiger partial charge on any atom is -0.480 e. The molecular weight excluding hydrogens is 659 g/mol. The van der Waals surface area contributed by atoms with Crippen LogP contribution in [0.3, 0.4) is 0 Å². The zero-order valence-corrected chi connectivity index (χ0v) is 25.6. The van der Waals surface area contributed by atoms with Gasteiger partial charge in [0.1, 0.15) is 28.2 Å². The number of piperidine rings is 1. The van der Waals surface area contributed by atoms with Gasteiger partial charge in [0.05, 0.1) is 11.6 Å². The molecule has 47 heavy (non-hydrogen) atoms. The van der Waals surface area contributed by atoms with Gasteiger partial charge >= 0.3 is 18.3 Å². The molecule has 0 aliphatic carbocycles. The lowest BCUT2D eigenvalue weighted by Gasteiger charge is -2.54. The van der Waals surface area contributed by atoms with Gasteiger partial charge in [-0.15, -0.1) is 11.3 Å². The Morgan fingerprint density at radius 1 is 1.13 bits per heavy atom. The van der Waals surface area contributed by atoms with Crippen molar-refractivity contribution in [2.75, 3.05) is 13.1 Å². The molecule has 5 rings (SSSR count). The van der Waals surface area contributed by atoms with Gasteiger partial charge in [0, 0.05) is 30.7 Å². The summed E-state index contributed by atoms with van der Waals surface area (Å²) in [7, 11) is 0. The van der Waals surface area contributed by atoms with E-state index < -0.39 is 70.1 Å². The van der Waals surface area contributed by atoms with Crippen molar-refractivity contribution < 1.29 is 55.3 Å². The molecule has 2 N–H and O–H groups in total. The van der Waals surface area contributed by atoms with Crippen molar-refractivity contribution in [2.24, 2.45) is 0 Å². The number of ether oxygens (including phenoxy) is 1. The minimum absolute atomic E-state index is 0.0145. The molecule has 1 amide bonds. The van der Waals surface area contributed by atoms with E-state index in [4.69, 9.17) is 4.74 Å². The number of thiophene rings is 1. The van der Waals surface area contributed by atoms with Crippen LogP contribution in [0.5, 0.6) is 5.75 Å². The average Bonchev–Trinajstić information content (AvgIpc) is 3.49. The molecule has 2 aromatic heterocycles. The summed E-state index contributed by atoms with van der Waals surface area (Å²) in [5.74, 6) is -3.47. The number of rotatable bonds is 8. The van der Waals surface area contributed by atoms with Crippen molar-refractivity contribution in [1.82, 2.24) is 14.8 Å². The molecule has 1 fully saturated rings. The fourth-order valence-electron chi connectivity index (χ4n) is 6.62. The van der Waals surface area contributed by atoms with Crippen LogP contribution in [0.4, 0.5) is 30.7 Å². The van der Waals surface area contributed by atoms with E-state index in [9.17, 15) is 50.5 Å². The van der Waals surface area contributed by atoms with Crippen molar-refractivity contribution in [3.63, 3.8) is 0 Å². The number of likely N-dealkylation sites (tertiary alicyclic amines) is 1. The average molecular weight is 690 g/mol. The maximum Gasteiger partial charge on any atom is 0.425 e. The van der Waals surface area contributed by atoms with Gasteiger partial charge in [-0.1, -0.05) is 19.4 Å². The highest BCUT2D eigenvalue weighted by Gasteiger charge is 2.57. The van der Waals surface area contributed by atoms with Crippen LogP contribution in [-0.2, 0) is 23.6 Å². The van der Waals surface area contributed by atoms with E-state index in [2.05, 4.69) is 4.98 Å². The molecule has 0 radical (unpaired) electrons. The van der Waals surface area contributed by atoms with E-state index in [0.29, 0.717) is 35.5 Å². The van der Waals surface area contributed by atoms with Crippen LogP contribution in [0.2, 0.25) is 0 Å². The van der Waals surface area contributed by atoms with E-state index in [-0.39, 0.29) is 50.1 Å². The van der Waals surface area contributed by atoms with Gasteiger partial charge in [0.25, 0.3) is 5.91 Å². The number of hydrogen-bond acceptors (Lipinski definition) is 7. The number of pyridine rings is 1. The third-order valence-corrected chi connectivity index (χ3v) is 9.52. The Kier molecular flexibility index (Phi) is 9.59. The molecule has 254 valence electrons. The van der Waals surface area contributed by atoms with Gasteiger partial charge in [-0.25, -0.2) is 4.39 Å². The third kappa shape index (κ3) is 6.67. The molecule has 0 saturated carbocycles. The second kappa shape index (κ2) is 13.0. The van der Waals surface area contributed by atoms with Gasteiger partial charge < -0.3 is 19.8 Å². The molecule has 1 aromatic carbocycles. The first kappa shape index (κ1) is 34.6. The number of aliphatic hydroxyl groups is 1. The maximum atomic E-state index is 14.0. The summed E-state index contributed by atoms with van der Waals surface area (Å²) in [5, 5.41) is 23.6. The minimum atomic E-state index is -4.94. The van der Waals surface area contributed by atoms with Crippen LogP contribution in [0.1, 0.15) is 70.7 Å². The number of nitrogens with zero attached hydrogens (tertiary/aromatic N) is 3. The number of carbonyl (C=O) groups excluding carboxylic acids is 1. The SMILES string of the molecule is CCC[C@H]1N(C(=O)c2ncccc2C(F)(F)F)CCC[C@@]1(Oc1csc(C(F)(F)F)c1)C(O)N1CCc2cc(F)ccc2C1C(=O)O. The second-order valence-corrected chi connectivity index (χ2v) is 12.4. The molecule has 1 saturated heterocycles. The molecular formula is C31H30F7N3O5S. The lowest BCUT2D eigenvalue weighted by molar-refractivity contribution is -0.197. The van der Waals surface area contributed by atoms with Gasteiger partial charge in [0.2, 0.25) is 0 Å². The molecule has 16 heteroatoms. The van der Waals surface area contributed by atoms with Crippen molar-refractivity contribution in [2.45, 2.75) is 75.3 Å². The summed E-state index contributed by atoms with van der Waals surface area (Å²) in [6, 6.07) is 3.15. The zero-order chi connectivity index (χ0) is 34.3. The number of carboxylic acids is 1. The summed E-state index contributed by atoms with van der Waals surface area (Å²) in [4.78, 5) is 31.6. The molecule has 3 aromatic rings. The quantitative estimate of drug-likeness (QED) is 0.259. The van der Waals surface area contributed by atoms with Crippen molar-refractivity contribution in [3.05, 3.63) is 81.1 Å². The molecule has 4 atom stereocenters. The molecule has 2 aliphatic rings.